The van der Waals surface area contributed by atoms with Crippen molar-refractivity contribution < 1.29 is 9.63 Å². The molecule has 4 rings (SSSR count). The van der Waals surface area contributed by atoms with Crippen LogP contribution in [0.25, 0.3) is 11.1 Å². The molecule has 1 aliphatic heterocycles. The molecule has 2 aliphatic rings. The van der Waals surface area contributed by atoms with Crippen molar-refractivity contribution in [2.45, 2.75) is 70.4 Å². The zero-order valence-electron chi connectivity index (χ0n) is 15.5. The van der Waals surface area contributed by atoms with Crippen molar-refractivity contribution in [3.05, 3.63) is 34.2 Å². The van der Waals surface area contributed by atoms with Gasteiger partial charge < -0.3 is 14.9 Å². The molecule has 2 heterocycles. The summed E-state index contributed by atoms with van der Waals surface area (Å²) in [5, 5.41) is 19.9. The Bertz CT molecular complexity index is 853. The number of nitrogens with one attached hydrogen (secondary N) is 1. The normalized spacial score (nSPS) is 29.9. The topological polar surface area (TPSA) is 58.3 Å². The number of benzene rings is 1. The van der Waals surface area contributed by atoms with Gasteiger partial charge in [0.2, 0.25) is 0 Å². The van der Waals surface area contributed by atoms with Gasteiger partial charge >= 0.3 is 0 Å². The quantitative estimate of drug-likeness (QED) is 0.752. The molecule has 1 aromatic heterocycles. The SMILES string of the molecule is Cc1noc(C)c1-c1cc2c(cc1Cl)NC(C)(C)C1(O)CCCC21C. The molecule has 0 amide bonds. The number of aliphatic hydroxyl groups is 1. The van der Waals surface area contributed by atoms with Crippen LogP contribution in [0.3, 0.4) is 0 Å². The summed E-state index contributed by atoms with van der Waals surface area (Å²) in [5.41, 5.74) is 3.32. The number of hydrogen-bond acceptors (Lipinski definition) is 4. The lowest BCUT2D eigenvalue weighted by molar-refractivity contribution is -0.0628. The summed E-state index contributed by atoms with van der Waals surface area (Å²) in [6, 6.07) is 4.12. The van der Waals surface area contributed by atoms with Gasteiger partial charge in [-0.25, -0.2) is 0 Å². The minimum Gasteiger partial charge on any atom is -0.387 e. The number of fused-ring (bicyclic) bond motifs is 3. The molecule has 1 aromatic carbocycles. The fourth-order valence-corrected chi connectivity index (χ4v) is 5.43. The van der Waals surface area contributed by atoms with Gasteiger partial charge in [-0.3, -0.25) is 0 Å². The number of nitrogens with zero attached hydrogens (tertiary/aromatic N) is 1. The first-order valence-corrected chi connectivity index (χ1v) is 9.26. The molecule has 1 saturated carbocycles. The molecule has 134 valence electrons. The van der Waals surface area contributed by atoms with E-state index < -0.39 is 11.1 Å². The van der Waals surface area contributed by atoms with Crippen LogP contribution >= 0.6 is 11.6 Å². The van der Waals surface area contributed by atoms with E-state index in [-0.39, 0.29) is 5.41 Å². The second-order valence-electron chi connectivity index (χ2n) is 8.37. The molecular formula is C20H25ClN2O2. The van der Waals surface area contributed by atoms with E-state index in [4.69, 9.17) is 16.1 Å². The Morgan fingerprint density at radius 3 is 2.56 bits per heavy atom. The maximum absolute atomic E-state index is 11.6. The Labute approximate surface area is 153 Å². The second-order valence-corrected chi connectivity index (χ2v) is 8.78. The van der Waals surface area contributed by atoms with E-state index in [1.807, 2.05) is 19.9 Å². The fourth-order valence-electron chi connectivity index (χ4n) is 5.17. The molecule has 2 unspecified atom stereocenters. The largest absolute Gasteiger partial charge is 0.387 e. The second kappa shape index (κ2) is 5.01. The third kappa shape index (κ3) is 2.01. The Kier molecular flexibility index (Phi) is 3.39. The van der Waals surface area contributed by atoms with Crippen molar-refractivity contribution in [3.8, 4) is 11.1 Å². The Morgan fingerprint density at radius 1 is 1.20 bits per heavy atom. The minimum atomic E-state index is -0.795. The molecular weight excluding hydrogens is 336 g/mol. The molecule has 0 spiro atoms. The number of rotatable bonds is 1. The van der Waals surface area contributed by atoms with Gasteiger partial charge in [0.1, 0.15) is 5.76 Å². The molecule has 2 atom stereocenters. The summed E-state index contributed by atoms with van der Waals surface area (Å²) in [7, 11) is 0. The van der Waals surface area contributed by atoms with Crippen LogP contribution in [-0.2, 0) is 5.41 Å². The summed E-state index contributed by atoms with van der Waals surface area (Å²) >= 11 is 6.64. The zero-order valence-corrected chi connectivity index (χ0v) is 16.2. The van der Waals surface area contributed by atoms with Crippen LogP contribution in [0.5, 0.6) is 0 Å². The smallest absolute Gasteiger partial charge is 0.141 e. The number of hydrogen-bond donors (Lipinski definition) is 2. The van der Waals surface area contributed by atoms with Crippen molar-refractivity contribution in [1.82, 2.24) is 5.16 Å². The number of aryl methyl sites for hydroxylation is 2. The van der Waals surface area contributed by atoms with Gasteiger partial charge in [0.15, 0.2) is 0 Å². The summed E-state index contributed by atoms with van der Waals surface area (Å²) in [5.74, 6) is 0.760. The minimum absolute atomic E-state index is 0.310. The molecule has 0 saturated heterocycles. The molecule has 1 aliphatic carbocycles. The highest BCUT2D eigenvalue weighted by atomic mass is 35.5. The average molecular weight is 361 g/mol. The molecule has 1 fully saturated rings. The van der Waals surface area contributed by atoms with Gasteiger partial charge in [0, 0.05) is 22.2 Å². The van der Waals surface area contributed by atoms with E-state index in [0.29, 0.717) is 5.02 Å². The number of anilines is 1. The third-order valence-electron chi connectivity index (χ3n) is 6.61. The van der Waals surface area contributed by atoms with Crippen LogP contribution in [0, 0.1) is 13.8 Å². The Morgan fingerprint density at radius 2 is 1.92 bits per heavy atom. The summed E-state index contributed by atoms with van der Waals surface area (Å²) in [4.78, 5) is 0. The van der Waals surface area contributed by atoms with Crippen LogP contribution in [0.15, 0.2) is 16.7 Å². The Balaban J connectivity index is 1.99. The van der Waals surface area contributed by atoms with Crippen molar-refractivity contribution >= 4 is 17.3 Å². The maximum atomic E-state index is 11.6. The van der Waals surface area contributed by atoms with Crippen LogP contribution in [0.4, 0.5) is 5.69 Å². The average Bonchev–Trinajstić information content (AvgIpc) is 3.01. The van der Waals surface area contributed by atoms with Gasteiger partial charge in [-0.1, -0.05) is 23.7 Å². The molecule has 25 heavy (non-hydrogen) atoms. The molecule has 5 heteroatoms. The molecule has 0 radical (unpaired) electrons. The Hall–Kier alpha value is -1.52. The van der Waals surface area contributed by atoms with E-state index in [2.05, 4.69) is 37.3 Å². The standard InChI is InChI=1S/C20H25ClN2O2/c1-11-17(12(2)25-23-11)13-9-14-16(10-15(13)21)22-18(3,4)20(24)8-6-7-19(14,20)5/h9-10,22,24H,6-8H2,1-5H3. The van der Waals surface area contributed by atoms with Crippen LogP contribution < -0.4 is 5.32 Å². The van der Waals surface area contributed by atoms with Crippen molar-refractivity contribution in [2.75, 3.05) is 5.32 Å². The molecule has 2 N–H and O–H groups in total. The highest BCUT2D eigenvalue weighted by molar-refractivity contribution is 6.33. The number of aromatic nitrogens is 1. The highest BCUT2D eigenvalue weighted by Crippen LogP contribution is 2.59. The molecule has 2 aromatic rings. The highest BCUT2D eigenvalue weighted by Gasteiger charge is 2.62. The first kappa shape index (κ1) is 16.9. The first-order valence-electron chi connectivity index (χ1n) is 8.88. The van der Waals surface area contributed by atoms with Gasteiger partial charge in [-0.2, -0.15) is 0 Å². The van der Waals surface area contributed by atoms with Crippen molar-refractivity contribution in [3.63, 3.8) is 0 Å². The maximum Gasteiger partial charge on any atom is 0.141 e. The molecule has 4 nitrogen and oxygen atoms in total. The number of halogens is 1. The van der Waals surface area contributed by atoms with Crippen molar-refractivity contribution in [2.24, 2.45) is 0 Å². The summed E-state index contributed by atoms with van der Waals surface area (Å²) < 4.78 is 5.34. The predicted octanol–water partition coefficient (Wildman–Crippen LogP) is 4.99. The first-order chi connectivity index (χ1) is 11.6. The van der Waals surface area contributed by atoms with Crippen LogP contribution in [0.2, 0.25) is 5.02 Å². The molecule has 0 bridgehead atoms. The van der Waals surface area contributed by atoms with Crippen LogP contribution in [0.1, 0.15) is 57.1 Å². The lowest BCUT2D eigenvalue weighted by atomic mass is 9.60. The van der Waals surface area contributed by atoms with E-state index >= 15 is 0 Å². The zero-order chi connectivity index (χ0) is 18.2. The van der Waals surface area contributed by atoms with Crippen LogP contribution in [-0.4, -0.2) is 21.4 Å². The lowest BCUT2D eigenvalue weighted by Gasteiger charge is -2.55. The van der Waals surface area contributed by atoms with Gasteiger partial charge in [-0.05, 0) is 64.7 Å². The third-order valence-corrected chi connectivity index (χ3v) is 6.93. The van der Waals surface area contributed by atoms with Gasteiger partial charge in [0.05, 0.1) is 21.9 Å². The summed E-state index contributed by atoms with van der Waals surface area (Å²) in [6.07, 6.45) is 2.78. The monoisotopic (exact) mass is 360 g/mol. The van der Waals surface area contributed by atoms with E-state index in [1.54, 1.807) is 0 Å². The van der Waals surface area contributed by atoms with Crippen molar-refractivity contribution in [1.29, 1.82) is 0 Å². The summed E-state index contributed by atoms with van der Waals surface area (Å²) in [6.45, 7) is 10.2. The van der Waals surface area contributed by atoms with Gasteiger partial charge in [0.25, 0.3) is 0 Å². The van der Waals surface area contributed by atoms with E-state index in [9.17, 15) is 5.11 Å². The van der Waals surface area contributed by atoms with Gasteiger partial charge in [-0.15, -0.1) is 0 Å². The fraction of sp³-hybridized carbons (Fsp3) is 0.550. The predicted molar refractivity (Wildman–Crippen MR) is 100 cm³/mol. The van der Waals surface area contributed by atoms with E-state index in [0.717, 1.165) is 53.1 Å². The lowest BCUT2D eigenvalue weighted by Crippen LogP contribution is -2.65. The van der Waals surface area contributed by atoms with E-state index in [1.165, 1.54) is 0 Å².